The van der Waals surface area contributed by atoms with Gasteiger partial charge in [-0.05, 0) is 69.7 Å². The number of nitrogens with zero attached hydrogens (tertiary/aromatic N) is 3. The molecule has 0 unspecified atom stereocenters. The first kappa shape index (κ1) is 30.3. The number of fused-ring (bicyclic) bond motifs is 3. The molecule has 0 saturated heterocycles. The molecule has 0 saturated carbocycles. The first-order valence-electron chi connectivity index (χ1n) is 14.1. The summed E-state index contributed by atoms with van der Waals surface area (Å²) in [6.45, 7) is 0.731. The highest BCUT2D eigenvalue weighted by atomic mass is 16.3. The molecule has 0 aliphatic heterocycles. The second kappa shape index (κ2) is 10.5. The lowest BCUT2D eigenvalue weighted by Gasteiger charge is -2.50. The van der Waals surface area contributed by atoms with Gasteiger partial charge in [-0.2, -0.15) is 0 Å². The maximum atomic E-state index is 14.2. The Morgan fingerprint density at radius 1 is 1.02 bits per heavy atom. The summed E-state index contributed by atoms with van der Waals surface area (Å²) < 4.78 is 0. The minimum absolute atomic E-state index is 0.0145. The smallest absolute Gasteiger partial charge is 0.255 e. The third-order valence-electron chi connectivity index (χ3n) is 8.94. The van der Waals surface area contributed by atoms with E-state index in [-0.39, 0.29) is 29.7 Å². The fourth-order valence-corrected chi connectivity index (χ4v) is 7.07. The van der Waals surface area contributed by atoms with Crippen LogP contribution >= 0.6 is 0 Å². The molecular formula is C32H38N4O7. The van der Waals surface area contributed by atoms with Crippen molar-refractivity contribution in [3.05, 3.63) is 69.7 Å². The number of phenols is 1. The second-order valence-corrected chi connectivity index (χ2v) is 12.4. The van der Waals surface area contributed by atoms with Crippen molar-refractivity contribution in [3.8, 4) is 16.9 Å². The Labute approximate surface area is 250 Å². The minimum atomic E-state index is -2.68. The quantitative estimate of drug-likeness (QED) is 0.314. The van der Waals surface area contributed by atoms with E-state index in [1.54, 1.807) is 14.1 Å². The Morgan fingerprint density at radius 2 is 1.65 bits per heavy atom. The molecule has 43 heavy (non-hydrogen) atoms. The third kappa shape index (κ3) is 4.50. The number of likely N-dealkylation sites (N-methyl/N-ethyl adjacent to an activating group) is 1. The molecule has 2 aromatic carbocycles. The third-order valence-corrected chi connectivity index (χ3v) is 8.94. The molecule has 0 bridgehead atoms. The molecule has 6 N–H and O–H groups in total. The monoisotopic (exact) mass is 590 g/mol. The number of Topliss-reactive ketones (excluding diaryl/α,β-unsaturated/α-hetero) is 2. The Kier molecular flexibility index (Phi) is 7.40. The Balaban J connectivity index is 1.70. The minimum Gasteiger partial charge on any atom is -0.510 e. The number of aromatic hydroxyl groups is 1. The molecular weight excluding hydrogens is 552 g/mol. The van der Waals surface area contributed by atoms with E-state index in [1.165, 1.54) is 4.90 Å². The topological polar surface area (TPSA) is 168 Å². The zero-order valence-corrected chi connectivity index (χ0v) is 25.2. The number of rotatable bonds is 6. The number of allylic oxidation sites excluding steroid dienone is 1. The lowest BCUT2D eigenvalue weighted by Crippen LogP contribution is -2.63. The number of anilines is 1. The number of aliphatic hydroxyl groups is 3. The van der Waals surface area contributed by atoms with Gasteiger partial charge in [0.05, 0.1) is 11.6 Å². The van der Waals surface area contributed by atoms with Crippen LogP contribution < -0.4 is 10.6 Å². The van der Waals surface area contributed by atoms with Crippen LogP contribution in [0.5, 0.6) is 5.75 Å². The van der Waals surface area contributed by atoms with Gasteiger partial charge in [0, 0.05) is 43.4 Å². The van der Waals surface area contributed by atoms with Crippen LogP contribution in [-0.2, 0) is 22.6 Å². The number of benzene rings is 2. The standard InChI is InChI=1S/C32H38N4O7/c1-34(2)14-15-7-9-16(10-8-15)18-13-21(35(3)4)19-11-17-12-20-25(36(5)6)28(39)24(31(33)42)30(41)32(20,43)29(40)22(17)27(38)23(19)26(18)37/h7-10,13,17,20,25,37,39-40,43H,11-12,14H2,1-6H3,(H2,33,42)/t17-,20-,25-,32-/m1/s1. The van der Waals surface area contributed by atoms with E-state index in [2.05, 4.69) is 0 Å². The van der Waals surface area contributed by atoms with Crippen molar-refractivity contribution in [1.82, 2.24) is 9.80 Å². The van der Waals surface area contributed by atoms with Gasteiger partial charge in [-0.1, -0.05) is 24.3 Å². The zero-order valence-electron chi connectivity index (χ0n) is 25.2. The number of hydrogen-bond acceptors (Lipinski definition) is 10. The van der Waals surface area contributed by atoms with Crippen molar-refractivity contribution in [2.45, 2.75) is 31.0 Å². The predicted molar refractivity (Wildman–Crippen MR) is 161 cm³/mol. The van der Waals surface area contributed by atoms with Crippen LogP contribution in [0.3, 0.4) is 0 Å². The summed E-state index contributed by atoms with van der Waals surface area (Å²) in [4.78, 5) is 45.4. The summed E-state index contributed by atoms with van der Waals surface area (Å²) in [6, 6.07) is 8.42. The van der Waals surface area contributed by atoms with Crippen LogP contribution in [0, 0.1) is 11.8 Å². The number of aliphatic hydroxyl groups excluding tert-OH is 2. The summed E-state index contributed by atoms with van der Waals surface area (Å²) in [7, 11) is 10.8. The molecule has 2 aromatic rings. The SMILES string of the molecule is CN(C)Cc1ccc(-c2cc(N(C)C)c3c(c2O)C(=O)C2=C(O)[C@@]4(O)C(=O)C(C(N)=O)=C(O)[C@H](N(C)C)[C@H]4C[C@H]2C3)cc1. The van der Waals surface area contributed by atoms with E-state index in [0.717, 1.165) is 12.1 Å². The fraction of sp³-hybridized carbons (Fsp3) is 0.406. The van der Waals surface area contributed by atoms with Crippen molar-refractivity contribution >= 4 is 23.2 Å². The van der Waals surface area contributed by atoms with E-state index >= 15 is 0 Å². The lowest BCUT2D eigenvalue weighted by molar-refractivity contribution is -0.148. The van der Waals surface area contributed by atoms with Crippen molar-refractivity contribution in [1.29, 1.82) is 0 Å². The predicted octanol–water partition coefficient (Wildman–Crippen LogP) is 1.92. The summed E-state index contributed by atoms with van der Waals surface area (Å²) >= 11 is 0. The van der Waals surface area contributed by atoms with Crippen LogP contribution in [0.2, 0.25) is 0 Å². The summed E-state index contributed by atoms with van der Waals surface area (Å²) in [5, 5.41) is 46.0. The Hall–Kier alpha value is -4.19. The maximum absolute atomic E-state index is 14.2. The number of carbonyl (C=O) groups is 3. The van der Waals surface area contributed by atoms with E-state index in [1.807, 2.05) is 68.3 Å². The first-order valence-corrected chi connectivity index (χ1v) is 14.1. The molecule has 4 atom stereocenters. The Bertz CT molecular complexity index is 1610. The molecule has 0 spiro atoms. The molecule has 11 heteroatoms. The van der Waals surface area contributed by atoms with Gasteiger partial charge in [-0.25, -0.2) is 0 Å². The van der Waals surface area contributed by atoms with Gasteiger partial charge in [0.2, 0.25) is 5.78 Å². The van der Waals surface area contributed by atoms with Crippen molar-refractivity contribution < 1.29 is 34.8 Å². The van der Waals surface area contributed by atoms with Gasteiger partial charge in [-0.15, -0.1) is 0 Å². The van der Waals surface area contributed by atoms with Gasteiger partial charge in [0.25, 0.3) is 5.91 Å². The van der Waals surface area contributed by atoms with E-state index in [9.17, 15) is 34.8 Å². The van der Waals surface area contributed by atoms with Crippen molar-refractivity contribution in [2.75, 3.05) is 47.2 Å². The van der Waals surface area contributed by atoms with Crippen LogP contribution in [0.1, 0.15) is 27.9 Å². The molecule has 11 nitrogen and oxygen atoms in total. The molecule has 0 radical (unpaired) electrons. The molecule has 0 fully saturated rings. The number of nitrogens with two attached hydrogens (primary N) is 1. The average molecular weight is 591 g/mol. The van der Waals surface area contributed by atoms with Crippen molar-refractivity contribution in [2.24, 2.45) is 17.6 Å². The van der Waals surface area contributed by atoms with Gasteiger partial charge in [-0.3, -0.25) is 19.3 Å². The first-order chi connectivity index (χ1) is 20.1. The van der Waals surface area contributed by atoms with Crippen LogP contribution in [0.15, 0.2) is 53.0 Å². The summed E-state index contributed by atoms with van der Waals surface area (Å²) in [5.41, 5.74) is 5.17. The van der Waals surface area contributed by atoms with Gasteiger partial charge in [0.1, 0.15) is 22.8 Å². The van der Waals surface area contributed by atoms with Crippen LogP contribution in [0.25, 0.3) is 11.1 Å². The molecule has 1 amide bonds. The van der Waals surface area contributed by atoms with Crippen LogP contribution in [0.4, 0.5) is 5.69 Å². The second-order valence-electron chi connectivity index (χ2n) is 12.4. The number of amides is 1. The van der Waals surface area contributed by atoms with Gasteiger partial charge < -0.3 is 36.0 Å². The highest BCUT2D eigenvalue weighted by Crippen LogP contribution is 2.54. The molecule has 3 aliphatic rings. The average Bonchev–Trinajstić information content (AvgIpc) is 2.90. The summed E-state index contributed by atoms with van der Waals surface area (Å²) in [6.07, 6.45) is 0.256. The lowest BCUT2D eigenvalue weighted by atomic mass is 9.58. The number of phenolic OH excluding ortho intramolecular Hbond substituents is 1. The van der Waals surface area contributed by atoms with Crippen molar-refractivity contribution in [3.63, 3.8) is 0 Å². The maximum Gasteiger partial charge on any atom is 0.255 e. The van der Waals surface area contributed by atoms with E-state index in [4.69, 9.17) is 5.73 Å². The van der Waals surface area contributed by atoms with Gasteiger partial charge >= 0.3 is 0 Å². The van der Waals surface area contributed by atoms with E-state index in [0.29, 0.717) is 22.4 Å². The molecule has 0 aromatic heterocycles. The molecule has 5 rings (SSSR count). The highest BCUT2D eigenvalue weighted by Gasteiger charge is 2.63. The van der Waals surface area contributed by atoms with E-state index < -0.39 is 58.0 Å². The number of ketones is 2. The Morgan fingerprint density at radius 3 is 2.19 bits per heavy atom. The molecule has 3 aliphatic carbocycles. The zero-order chi connectivity index (χ0) is 31.7. The molecule has 228 valence electrons. The van der Waals surface area contributed by atoms with Gasteiger partial charge in [0.15, 0.2) is 11.4 Å². The number of primary amides is 1. The number of carbonyl (C=O) groups excluding carboxylic acids is 3. The fourth-order valence-electron chi connectivity index (χ4n) is 7.07. The largest absolute Gasteiger partial charge is 0.510 e. The summed E-state index contributed by atoms with van der Waals surface area (Å²) in [5.74, 6) is -6.68. The van der Waals surface area contributed by atoms with Crippen LogP contribution in [-0.4, -0.2) is 102 Å². The molecule has 0 heterocycles. The highest BCUT2D eigenvalue weighted by molar-refractivity contribution is 6.25. The number of hydrogen-bond donors (Lipinski definition) is 5. The normalized spacial score (nSPS) is 25.2.